The van der Waals surface area contributed by atoms with Crippen LogP contribution in [0.1, 0.15) is 29.9 Å². The Bertz CT molecular complexity index is 1140. The van der Waals surface area contributed by atoms with Gasteiger partial charge in [-0.1, -0.05) is 6.07 Å². The van der Waals surface area contributed by atoms with Crippen molar-refractivity contribution in [1.82, 2.24) is 19.5 Å². The summed E-state index contributed by atoms with van der Waals surface area (Å²) in [5.74, 6) is 1.75. The fourth-order valence-electron chi connectivity index (χ4n) is 2.99. The van der Waals surface area contributed by atoms with Crippen LogP contribution in [-0.2, 0) is 26.3 Å². The van der Waals surface area contributed by atoms with Crippen molar-refractivity contribution in [3.8, 4) is 6.01 Å². The molecule has 0 saturated heterocycles. The number of benzene rings is 1. The third-order valence-corrected chi connectivity index (χ3v) is 4.38. The number of rotatable bonds is 7. The SMILES string of the molecule is CCOc1nc(CCc2ccco2)nc(Cc2ccc3c(c2)oc(=O)n3C)n1. The summed E-state index contributed by atoms with van der Waals surface area (Å²) in [6, 6.07) is 9.73. The Balaban J connectivity index is 1.59. The molecule has 0 bridgehead atoms. The molecule has 3 aromatic heterocycles. The lowest BCUT2D eigenvalue weighted by molar-refractivity contribution is 0.308. The van der Waals surface area contributed by atoms with Gasteiger partial charge in [0.05, 0.1) is 18.4 Å². The van der Waals surface area contributed by atoms with E-state index in [4.69, 9.17) is 13.6 Å². The molecule has 0 atom stereocenters. The molecule has 1 aromatic carbocycles. The summed E-state index contributed by atoms with van der Waals surface area (Å²) in [4.78, 5) is 25.0. The third kappa shape index (κ3) is 3.80. The van der Waals surface area contributed by atoms with Gasteiger partial charge in [0.1, 0.15) is 17.4 Å². The van der Waals surface area contributed by atoms with Crippen LogP contribution >= 0.6 is 0 Å². The molecule has 0 amide bonds. The summed E-state index contributed by atoms with van der Waals surface area (Å²) in [6.45, 7) is 2.36. The third-order valence-electron chi connectivity index (χ3n) is 4.38. The second-order valence-electron chi connectivity index (χ2n) is 6.37. The van der Waals surface area contributed by atoms with E-state index in [1.165, 1.54) is 4.57 Å². The van der Waals surface area contributed by atoms with Crippen molar-refractivity contribution >= 4 is 11.1 Å². The van der Waals surface area contributed by atoms with Crippen molar-refractivity contribution in [2.24, 2.45) is 7.05 Å². The van der Waals surface area contributed by atoms with Crippen LogP contribution < -0.4 is 10.5 Å². The van der Waals surface area contributed by atoms with Gasteiger partial charge >= 0.3 is 11.8 Å². The summed E-state index contributed by atoms with van der Waals surface area (Å²) < 4.78 is 17.6. The maximum Gasteiger partial charge on any atom is 0.419 e. The molecule has 3 heterocycles. The fourth-order valence-corrected chi connectivity index (χ4v) is 2.99. The van der Waals surface area contributed by atoms with Gasteiger partial charge in [0.2, 0.25) is 0 Å². The topological polar surface area (TPSA) is 96.2 Å². The van der Waals surface area contributed by atoms with Gasteiger partial charge in [-0.25, -0.2) is 9.78 Å². The molecule has 144 valence electrons. The van der Waals surface area contributed by atoms with E-state index in [1.807, 2.05) is 37.3 Å². The highest BCUT2D eigenvalue weighted by Crippen LogP contribution is 2.17. The molecule has 8 heteroatoms. The minimum Gasteiger partial charge on any atom is -0.469 e. The molecule has 4 aromatic rings. The highest BCUT2D eigenvalue weighted by atomic mass is 16.5. The van der Waals surface area contributed by atoms with Crippen molar-refractivity contribution in [1.29, 1.82) is 0 Å². The number of nitrogens with zero attached hydrogens (tertiary/aromatic N) is 4. The smallest absolute Gasteiger partial charge is 0.419 e. The van der Waals surface area contributed by atoms with E-state index >= 15 is 0 Å². The number of hydrogen-bond acceptors (Lipinski definition) is 7. The Morgan fingerprint density at radius 3 is 2.75 bits per heavy atom. The van der Waals surface area contributed by atoms with Gasteiger partial charge in [-0.3, -0.25) is 4.57 Å². The summed E-state index contributed by atoms with van der Waals surface area (Å²) in [5.41, 5.74) is 2.23. The first-order valence-corrected chi connectivity index (χ1v) is 9.10. The highest BCUT2D eigenvalue weighted by molar-refractivity contribution is 5.73. The molecule has 0 aliphatic carbocycles. The molecule has 0 saturated carbocycles. The van der Waals surface area contributed by atoms with Crippen molar-refractivity contribution in [2.45, 2.75) is 26.2 Å². The number of furan rings is 1. The predicted molar refractivity (Wildman–Crippen MR) is 101 cm³/mol. The number of ether oxygens (including phenoxy) is 1. The first kappa shape index (κ1) is 18.0. The van der Waals surface area contributed by atoms with Gasteiger partial charge in [0, 0.05) is 26.3 Å². The first-order chi connectivity index (χ1) is 13.6. The van der Waals surface area contributed by atoms with E-state index in [9.17, 15) is 4.79 Å². The molecule has 0 aliphatic rings. The number of oxazole rings is 1. The second-order valence-corrected chi connectivity index (χ2v) is 6.37. The van der Waals surface area contributed by atoms with E-state index in [0.717, 1.165) is 16.8 Å². The van der Waals surface area contributed by atoms with Crippen LogP contribution in [0, 0.1) is 0 Å². The molecule has 0 spiro atoms. The molecule has 28 heavy (non-hydrogen) atoms. The van der Waals surface area contributed by atoms with Gasteiger partial charge in [-0.15, -0.1) is 0 Å². The van der Waals surface area contributed by atoms with E-state index in [2.05, 4.69) is 15.0 Å². The molecule has 0 aliphatic heterocycles. The number of fused-ring (bicyclic) bond motifs is 1. The summed E-state index contributed by atoms with van der Waals surface area (Å²) >= 11 is 0. The normalized spacial score (nSPS) is 11.2. The molecule has 4 rings (SSSR count). The van der Waals surface area contributed by atoms with Gasteiger partial charge in [-0.2, -0.15) is 9.97 Å². The quantitative estimate of drug-likeness (QED) is 0.486. The van der Waals surface area contributed by atoms with Crippen LogP contribution in [0.15, 0.2) is 50.2 Å². The number of aromatic nitrogens is 4. The van der Waals surface area contributed by atoms with E-state index in [-0.39, 0.29) is 5.76 Å². The molecular weight excluding hydrogens is 360 g/mol. The highest BCUT2D eigenvalue weighted by Gasteiger charge is 2.11. The van der Waals surface area contributed by atoms with Crippen molar-refractivity contribution in [3.05, 3.63) is 70.1 Å². The maximum absolute atomic E-state index is 11.7. The maximum atomic E-state index is 11.7. The lowest BCUT2D eigenvalue weighted by Gasteiger charge is -2.07. The first-order valence-electron chi connectivity index (χ1n) is 9.10. The van der Waals surface area contributed by atoms with E-state index < -0.39 is 0 Å². The molecule has 0 N–H and O–H groups in total. The Kier molecular flexibility index (Phi) is 4.92. The summed E-state index contributed by atoms with van der Waals surface area (Å²) in [6.07, 6.45) is 3.45. The molecule has 0 radical (unpaired) electrons. The Morgan fingerprint density at radius 2 is 1.96 bits per heavy atom. The van der Waals surface area contributed by atoms with Crippen molar-refractivity contribution < 1.29 is 13.6 Å². The minimum atomic E-state index is -0.383. The van der Waals surface area contributed by atoms with Crippen molar-refractivity contribution in [2.75, 3.05) is 6.61 Å². The van der Waals surface area contributed by atoms with Crippen LogP contribution in [0.5, 0.6) is 6.01 Å². The summed E-state index contributed by atoms with van der Waals surface area (Å²) in [5, 5.41) is 0. The van der Waals surface area contributed by atoms with E-state index in [0.29, 0.717) is 49.1 Å². The van der Waals surface area contributed by atoms with Crippen molar-refractivity contribution in [3.63, 3.8) is 0 Å². The minimum absolute atomic E-state index is 0.314. The van der Waals surface area contributed by atoms with Crippen LogP contribution in [0.3, 0.4) is 0 Å². The number of aryl methyl sites for hydroxylation is 3. The molecule has 0 fully saturated rings. The fraction of sp³-hybridized carbons (Fsp3) is 0.300. The zero-order valence-corrected chi connectivity index (χ0v) is 15.7. The van der Waals surface area contributed by atoms with Crippen LogP contribution in [0.25, 0.3) is 11.1 Å². The van der Waals surface area contributed by atoms with Gasteiger partial charge in [0.25, 0.3) is 0 Å². The lowest BCUT2D eigenvalue weighted by atomic mass is 10.1. The van der Waals surface area contributed by atoms with Gasteiger partial charge < -0.3 is 13.6 Å². The lowest BCUT2D eigenvalue weighted by Crippen LogP contribution is -2.09. The monoisotopic (exact) mass is 380 g/mol. The Hall–Kier alpha value is -3.42. The van der Waals surface area contributed by atoms with Crippen LogP contribution in [0.4, 0.5) is 0 Å². The molecule has 0 unspecified atom stereocenters. The zero-order chi connectivity index (χ0) is 19.5. The zero-order valence-electron chi connectivity index (χ0n) is 15.7. The number of hydrogen-bond donors (Lipinski definition) is 0. The average molecular weight is 380 g/mol. The summed E-state index contributed by atoms with van der Waals surface area (Å²) in [7, 11) is 1.68. The predicted octanol–water partition coefficient (Wildman–Crippen LogP) is 2.68. The standard InChI is InChI=1S/C20H20N4O4/c1-3-26-19-22-17(9-7-14-5-4-10-27-14)21-18(23-19)12-13-6-8-15-16(11-13)28-20(25)24(15)2/h4-6,8,10-11H,3,7,9,12H2,1-2H3. The molecular formula is C20H20N4O4. The molecule has 8 nitrogen and oxygen atoms in total. The van der Waals surface area contributed by atoms with E-state index in [1.54, 1.807) is 13.3 Å². The van der Waals surface area contributed by atoms with Crippen LogP contribution in [-0.4, -0.2) is 26.1 Å². The van der Waals surface area contributed by atoms with Gasteiger partial charge in [-0.05, 0) is 36.8 Å². The average Bonchev–Trinajstić information content (AvgIpc) is 3.29. The van der Waals surface area contributed by atoms with Gasteiger partial charge in [0.15, 0.2) is 5.58 Å². The Labute approximate surface area is 160 Å². The largest absolute Gasteiger partial charge is 0.469 e. The Morgan fingerprint density at radius 1 is 1.11 bits per heavy atom. The van der Waals surface area contributed by atoms with Crippen LogP contribution in [0.2, 0.25) is 0 Å². The second kappa shape index (κ2) is 7.67.